The summed E-state index contributed by atoms with van der Waals surface area (Å²) in [5.74, 6) is 0.0286. The zero-order valence-electron chi connectivity index (χ0n) is 15.1. The van der Waals surface area contributed by atoms with E-state index in [1.807, 2.05) is 30.3 Å². The fourth-order valence-electron chi connectivity index (χ4n) is 3.20. The van der Waals surface area contributed by atoms with Crippen LogP contribution < -0.4 is 15.5 Å². The molecule has 0 radical (unpaired) electrons. The van der Waals surface area contributed by atoms with Crippen LogP contribution in [0.1, 0.15) is 12.0 Å². The molecule has 2 atom stereocenters. The maximum atomic E-state index is 13.8. The first-order valence-electron chi connectivity index (χ1n) is 8.72. The molecule has 1 aliphatic rings. The number of hydroxylamine groups is 1. The third kappa shape index (κ3) is 4.22. The lowest BCUT2D eigenvalue weighted by Gasteiger charge is -2.39. The summed E-state index contributed by atoms with van der Waals surface area (Å²) in [5, 5.41) is 9.74. The normalized spacial score (nSPS) is 21.4. The number of nitrogens with one attached hydrogen (secondary N) is 1. The molecule has 1 saturated heterocycles. The Balaban J connectivity index is 1.96. The first-order valence-corrected chi connectivity index (χ1v) is 10.3. The SMILES string of the molecule is COc1ccc(P2(=O)OCCCN2[C@H](Cc2ccccc2)C(=O)NO)cc1. The molecule has 7 nitrogen and oxygen atoms in total. The fraction of sp³-hybridized carbons (Fsp3) is 0.316. The van der Waals surface area contributed by atoms with Crippen molar-refractivity contribution in [2.45, 2.75) is 18.9 Å². The third-order valence-electron chi connectivity index (χ3n) is 4.58. The van der Waals surface area contributed by atoms with Gasteiger partial charge >= 0.3 is 7.52 Å². The van der Waals surface area contributed by atoms with Crippen molar-refractivity contribution in [2.24, 2.45) is 0 Å². The number of rotatable bonds is 6. The molecular weight excluding hydrogens is 367 g/mol. The summed E-state index contributed by atoms with van der Waals surface area (Å²) in [6.07, 6.45) is 0.945. The van der Waals surface area contributed by atoms with Crippen LogP contribution in [0.4, 0.5) is 0 Å². The van der Waals surface area contributed by atoms with Gasteiger partial charge < -0.3 is 9.26 Å². The number of amides is 1. The summed E-state index contributed by atoms with van der Waals surface area (Å²) >= 11 is 0. The van der Waals surface area contributed by atoms with Gasteiger partial charge in [0.2, 0.25) is 0 Å². The predicted molar refractivity (Wildman–Crippen MR) is 101 cm³/mol. The van der Waals surface area contributed by atoms with Crippen molar-refractivity contribution in [3.05, 3.63) is 60.2 Å². The molecule has 1 heterocycles. The van der Waals surface area contributed by atoms with Crippen molar-refractivity contribution in [3.63, 3.8) is 0 Å². The maximum absolute atomic E-state index is 13.8. The third-order valence-corrected chi connectivity index (χ3v) is 7.22. The Kier molecular flexibility index (Phi) is 6.29. The number of hydrogen-bond donors (Lipinski definition) is 2. The van der Waals surface area contributed by atoms with E-state index in [2.05, 4.69) is 0 Å². The van der Waals surface area contributed by atoms with Gasteiger partial charge in [-0.2, -0.15) is 0 Å². The summed E-state index contributed by atoms with van der Waals surface area (Å²) < 4.78 is 26.3. The second kappa shape index (κ2) is 8.67. The summed E-state index contributed by atoms with van der Waals surface area (Å²) in [6.45, 7) is 0.771. The Bertz CT molecular complexity index is 813. The zero-order chi connectivity index (χ0) is 19.3. The largest absolute Gasteiger partial charge is 0.497 e. The Labute approximate surface area is 158 Å². The molecule has 0 saturated carbocycles. The Morgan fingerprint density at radius 2 is 1.96 bits per heavy atom. The smallest absolute Gasteiger partial charge is 0.303 e. The molecule has 0 bridgehead atoms. The quantitative estimate of drug-likeness (QED) is 0.447. The Morgan fingerprint density at radius 3 is 2.59 bits per heavy atom. The first-order chi connectivity index (χ1) is 13.1. The van der Waals surface area contributed by atoms with Crippen LogP contribution in [-0.4, -0.2) is 42.1 Å². The molecule has 1 fully saturated rings. The van der Waals surface area contributed by atoms with Gasteiger partial charge in [0, 0.05) is 6.54 Å². The van der Waals surface area contributed by atoms with Crippen LogP contribution >= 0.6 is 7.52 Å². The summed E-state index contributed by atoms with van der Waals surface area (Å²) in [4.78, 5) is 12.4. The summed E-state index contributed by atoms with van der Waals surface area (Å²) in [5.41, 5.74) is 2.61. The zero-order valence-corrected chi connectivity index (χ0v) is 16.0. The predicted octanol–water partition coefficient (Wildman–Crippen LogP) is 2.35. The van der Waals surface area contributed by atoms with E-state index < -0.39 is 19.5 Å². The molecule has 1 amide bonds. The number of carbonyl (C=O) groups excluding carboxylic acids is 1. The highest BCUT2D eigenvalue weighted by atomic mass is 31.2. The highest BCUT2D eigenvalue weighted by Crippen LogP contribution is 2.53. The number of methoxy groups -OCH3 is 1. The van der Waals surface area contributed by atoms with E-state index in [1.165, 1.54) is 0 Å². The summed E-state index contributed by atoms with van der Waals surface area (Å²) in [6, 6.07) is 15.4. The van der Waals surface area contributed by atoms with Crippen LogP contribution in [0.25, 0.3) is 0 Å². The Hall–Kier alpha value is -2.18. The van der Waals surface area contributed by atoms with Gasteiger partial charge in [-0.3, -0.25) is 14.6 Å². The van der Waals surface area contributed by atoms with Crippen molar-refractivity contribution < 1.29 is 23.8 Å². The standard InChI is InChI=1S/C19H23N2O5P/c1-25-16-8-10-17(11-9-16)27(24)21(12-5-13-26-27)18(19(22)20-23)14-15-6-3-2-4-7-15/h2-4,6-11,18,23H,5,12-14H2,1H3,(H,20,22)/t18-,27?/m1/s1. The lowest BCUT2D eigenvalue weighted by Crippen LogP contribution is -2.49. The summed E-state index contributed by atoms with van der Waals surface area (Å²) in [7, 11) is -1.90. The molecule has 1 unspecified atom stereocenters. The minimum absolute atomic E-state index is 0.302. The monoisotopic (exact) mass is 390 g/mol. The van der Waals surface area contributed by atoms with E-state index in [0.717, 1.165) is 5.56 Å². The van der Waals surface area contributed by atoms with E-state index in [1.54, 1.807) is 41.5 Å². The van der Waals surface area contributed by atoms with Crippen LogP contribution in [0.3, 0.4) is 0 Å². The first kappa shape index (κ1) is 19.6. The molecule has 2 aromatic carbocycles. The van der Waals surface area contributed by atoms with E-state index in [0.29, 0.717) is 37.0 Å². The molecule has 0 spiro atoms. The lowest BCUT2D eigenvalue weighted by atomic mass is 10.1. The molecule has 8 heteroatoms. The van der Waals surface area contributed by atoms with E-state index in [4.69, 9.17) is 9.26 Å². The van der Waals surface area contributed by atoms with Crippen LogP contribution in [0.15, 0.2) is 54.6 Å². The van der Waals surface area contributed by atoms with Crippen LogP contribution in [0.5, 0.6) is 5.75 Å². The molecule has 1 aliphatic heterocycles. The molecule has 2 aromatic rings. The molecule has 0 aliphatic carbocycles. The van der Waals surface area contributed by atoms with Crippen molar-refractivity contribution in [2.75, 3.05) is 20.3 Å². The fourth-order valence-corrected chi connectivity index (χ4v) is 5.65. The highest BCUT2D eigenvalue weighted by molar-refractivity contribution is 7.64. The molecule has 2 N–H and O–H groups in total. The van der Waals surface area contributed by atoms with Crippen LogP contribution in [-0.2, 0) is 20.3 Å². The topological polar surface area (TPSA) is 88.1 Å². The van der Waals surface area contributed by atoms with Gasteiger partial charge in [-0.15, -0.1) is 0 Å². The van der Waals surface area contributed by atoms with Gasteiger partial charge in [-0.1, -0.05) is 30.3 Å². The van der Waals surface area contributed by atoms with E-state index in [-0.39, 0.29) is 0 Å². The second-order valence-corrected chi connectivity index (χ2v) is 8.58. The van der Waals surface area contributed by atoms with Crippen molar-refractivity contribution in [3.8, 4) is 5.75 Å². The maximum Gasteiger partial charge on any atom is 0.303 e. The molecule has 3 rings (SSSR count). The molecular formula is C19H23N2O5P. The van der Waals surface area contributed by atoms with Gasteiger partial charge in [0.05, 0.1) is 19.0 Å². The minimum Gasteiger partial charge on any atom is -0.497 e. The van der Waals surface area contributed by atoms with Gasteiger partial charge in [-0.05, 0) is 42.7 Å². The van der Waals surface area contributed by atoms with Crippen molar-refractivity contribution in [1.82, 2.24) is 10.2 Å². The number of carbonyl (C=O) groups is 1. The van der Waals surface area contributed by atoms with Gasteiger partial charge in [-0.25, -0.2) is 10.2 Å². The number of benzene rings is 2. The number of hydrogen-bond acceptors (Lipinski definition) is 5. The van der Waals surface area contributed by atoms with E-state index >= 15 is 0 Å². The average Bonchev–Trinajstić information content (AvgIpc) is 2.73. The minimum atomic E-state index is -3.46. The molecule has 0 aromatic heterocycles. The van der Waals surface area contributed by atoms with Crippen LogP contribution in [0.2, 0.25) is 0 Å². The van der Waals surface area contributed by atoms with Crippen molar-refractivity contribution >= 4 is 18.7 Å². The van der Waals surface area contributed by atoms with Gasteiger partial charge in [0.25, 0.3) is 5.91 Å². The average molecular weight is 390 g/mol. The van der Waals surface area contributed by atoms with Gasteiger partial charge in [0.15, 0.2) is 0 Å². The van der Waals surface area contributed by atoms with Crippen LogP contribution in [0, 0.1) is 0 Å². The van der Waals surface area contributed by atoms with Crippen molar-refractivity contribution in [1.29, 1.82) is 0 Å². The molecule has 144 valence electrons. The number of ether oxygens (including phenoxy) is 1. The number of nitrogens with zero attached hydrogens (tertiary/aromatic N) is 1. The molecule has 27 heavy (non-hydrogen) atoms. The lowest BCUT2D eigenvalue weighted by molar-refractivity contribution is -0.133. The highest BCUT2D eigenvalue weighted by Gasteiger charge is 2.43. The van der Waals surface area contributed by atoms with E-state index in [9.17, 15) is 14.6 Å². The second-order valence-electron chi connectivity index (χ2n) is 6.25. The Morgan fingerprint density at radius 1 is 1.26 bits per heavy atom. The van der Waals surface area contributed by atoms with Gasteiger partial charge in [0.1, 0.15) is 11.8 Å².